The third-order valence-electron chi connectivity index (χ3n) is 9.57. The Balaban J connectivity index is 1.25. The minimum Gasteiger partial charge on any atom is -0.454 e. The fourth-order valence-electron chi connectivity index (χ4n) is 7.60. The molecule has 47 heavy (non-hydrogen) atoms. The molecule has 0 fully saturated rings. The van der Waals surface area contributed by atoms with Crippen molar-refractivity contribution in [2.45, 2.75) is 19.6 Å². The molecule has 11 rings (SSSR count). The fraction of sp³-hybridized carbons (Fsp3) is 0. The van der Waals surface area contributed by atoms with Crippen LogP contribution in [0.5, 0.6) is 0 Å². The average Bonchev–Trinajstić information content (AvgIpc) is 3.78. The maximum absolute atomic E-state index is 6.58. The number of benzene rings is 7. The van der Waals surface area contributed by atoms with E-state index in [0.717, 1.165) is 38.7 Å². The Hall–Kier alpha value is -5.36. The van der Waals surface area contributed by atoms with Gasteiger partial charge in [-0.05, 0) is 60.7 Å². The van der Waals surface area contributed by atoms with Crippen molar-refractivity contribution in [2.75, 3.05) is 0 Å². The molecule has 0 bridgehead atoms. The predicted molar refractivity (Wildman–Crippen MR) is 197 cm³/mol. The van der Waals surface area contributed by atoms with E-state index in [1.807, 2.05) is 29.6 Å². The molecule has 0 atom stereocenters. The van der Waals surface area contributed by atoms with Crippen LogP contribution in [0.3, 0.4) is 0 Å². The van der Waals surface area contributed by atoms with Gasteiger partial charge in [-0.15, -0.1) is 0 Å². The molecule has 3 aromatic heterocycles. The van der Waals surface area contributed by atoms with Gasteiger partial charge in [0.15, 0.2) is 5.58 Å². The van der Waals surface area contributed by atoms with Gasteiger partial charge >= 0.3 is 0 Å². The second-order valence-corrected chi connectivity index (χ2v) is 14.3. The molecule has 0 saturated heterocycles. The van der Waals surface area contributed by atoms with Crippen molar-refractivity contribution in [3.63, 3.8) is 0 Å². The van der Waals surface area contributed by atoms with Crippen molar-refractivity contribution >= 4 is 89.1 Å². The average molecular weight is 637 g/mol. The van der Waals surface area contributed by atoms with E-state index in [2.05, 4.69) is 149 Å². The van der Waals surface area contributed by atoms with Gasteiger partial charge in [0, 0.05) is 57.6 Å². The predicted octanol–water partition coefficient (Wildman–Crippen LogP) is 12.4. The van der Waals surface area contributed by atoms with E-state index in [1.54, 1.807) is 0 Å². The summed E-state index contributed by atoms with van der Waals surface area (Å²) in [5, 5.41) is 7.24. The molecule has 3 nitrogen and oxygen atoms in total. The van der Waals surface area contributed by atoms with Gasteiger partial charge in [-0.1, -0.05) is 108 Å². The lowest BCUT2D eigenvalue weighted by Gasteiger charge is -2.19. The molecule has 5 heteroatoms. The highest BCUT2D eigenvalue weighted by atomic mass is 32.2. The Labute approximate surface area is 278 Å². The van der Waals surface area contributed by atoms with Crippen LogP contribution in [0.2, 0.25) is 0 Å². The molecule has 10 aromatic rings. The van der Waals surface area contributed by atoms with Crippen LogP contribution >= 0.6 is 23.5 Å². The van der Waals surface area contributed by atoms with E-state index in [-0.39, 0.29) is 0 Å². The lowest BCUT2D eigenvalue weighted by Crippen LogP contribution is -1.97. The van der Waals surface area contributed by atoms with E-state index in [9.17, 15) is 0 Å². The molecule has 0 radical (unpaired) electrons. The number of hydrogen-bond donors (Lipinski definition) is 0. The van der Waals surface area contributed by atoms with Gasteiger partial charge in [-0.3, -0.25) is 0 Å². The first-order valence-corrected chi connectivity index (χ1v) is 17.4. The summed E-state index contributed by atoms with van der Waals surface area (Å²) in [5.41, 5.74) is 8.79. The first-order chi connectivity index (χ1) is 23.3. The molecule has 7 aromatic carbocycles. The van der Waals surface area contributed by atoms with Gasteiger partial charge in [-0.25, -0.2) is 0 Å². The summed E-state index contributed by atoms with van der Waals surface area (Å²) in [7, 11) is 0. The van der Waals surface area contributed by atoms with Gasteiger partial charge in [0.1, 0.15) is 5.58 Å². The minimum atomic E-state index is 0.904. The number of fused-ring (bicyclic) bond motifs is 12. The number of para-hydroxylation sites is 4. The third-order valence-corrected chi connectivity index (χ3v) is 12.1. The molecule has 1 aliphatic heterocycles. The van der Waals surface area contributed by atoms with E-state index in [0.29, 0.717) is 0 Å². The number of furan rings is 1. The summed E-state index contributed by atoms with van der Waals surface area (Å²) in [6.07, 6.45) is 0. The Morgan fingerprint density at radius 2 is 1.09 bits per heavy atom. The minimum absolute atomic E-state index is 0.904. The third kappa shape index (κ3) is 3.56. The lowest BCUT2D eigenvalue weighted by molar-refractivity contribution is 0.666. The standard InChI is InChI=1S/C42H24N2OS2/c1-4-14-31-26(10-1)28-21-22-33-40(41(28)43(31)25-20-23-38-39(24-25)47-37-19-8-7-18-36(37)46-38)30-12-2-5-15-32(30)44(33)34-16-9-13-29-27-11-3-6-17-35(27)45-42(29)34/h1-24H. The fourth-order valence-corrected chi connectivity index (χ4v) is 9.85. The monoisotopic (exact) mass is 636 g/mol. The highest BCUT2D eigenvalue weighted by Crippen LogP contribution is 2.50. The van der Waals surface area contributed by atoms with Crippen molar-refractivity contribution < 1.29 is 4.42 Å². The molecule has 0 spiro atoms. The van der Waals surface area contributed by atoms with Gasteiger partial charge in [0.05, 0.1) is 27.8 Å². The first-order valence-electron chi connectivity index (χ1n) is 15.8. The molecule has 0 unspecified atom stereocenters. The van der Waals surface area contributed by atoms with Crippen molar-refractivity contribution in [2.24, 2.45) is 0 Å². The zero-order valence-corrected chi connectivity index (χ0v) is 26.6. The molecule has 1 aliphatic rings. The topological polar surface area (TPSA) is 23.0 Å². The van der Waals surface area contributed by atoms with Crippen LogP contribution in [0.4, 0.5) is 0 Å². The van der Waals surface area contributed by atoms with Crippen LogP contribution in [0.15, 0.2) is 170 Å². The molecule has 0 amide bonds. The van der Waals surface area contributed by atoms with Gasteiger partial charge in [0.25, 0.3) is 0 Å². The summed E-state index contributed by atoms with van der Waals surface area (Å²) < 4.78 is 11.5. The highest BCUT2D eigenvalue weighted by molar-refractivity contribution is 8.05. The van der Waals surface area contributed by atoms with E-state index >= 15 is 0 Å². The van der Waals surface area contributed by atoms with Crippen molar-refractivity contribution in [1.82, 2.24) is 9.13 Å². The Kier molecular flexibility index (Phi) is 5.26. The van der Waals surface area contributed by atoms with Crippen molar-refractivity contribution in [3.8, 4) is 11.4 Å². The summed E-state index contributed by atoms with van der Waals surface area (Å²) in [5.74, 6) is 0. The Morgan fingerprint density at radius 3 is 1.94 bits per heavy atom. The van der Waals surface area contributed by atoms with Crippen LogP contribution < -0.4 is 0 Å². The zero-order valence-electron chi connectivity index (χ0n) is 25.0. The summed E-state index contributed by atoms with van der Waals surface area (Å²) in [4.78, 5) is 5.24. The number of aromatic nitrogens is 2. The highest BCUT2D eigenvalue weighted by Gasteiger charge is 2.24. The van der Waals surface area contributed by atoms with Gasteiger partial charge in [-0.2, -0.15) is 0 Å². The van der Waals surface area contributed by atoms with Crippen LogP contribution in [0.25, 0.3) is 76.9 Å². The molecule has 0 aliphatic carbocycles. The van der Waals surface area contributed by atoms with E-state index in [4.69, 9.17) is 4.42 Å². The van der Waals surface area contributed by atoms with Crippen LogP contribution in [0.1, 0.15) is 0 Å². The summed E-state index contributed by atoms with van der Waals surface area (Å²) >= 11 is 3.73. The smallest absolute Gasteiger partial charge is 0.159 e. The largest absolute Gasteiger partial charge is 0.454 e. The normalized spacial score (nSPS) is 12.9. The zero-order chi connectivity index (χ0) is 30.6. The summed E-state index contributed by atoms with van der Waals surface area (Å²) in [6.45, 7) is 0. The second kappa shape index (κ2) is 9.58. The summed E-state index contributed by atoms with van der Waals surface area (Å²) in [6, 6.07) is 52.7. The maximum Gasteiger partial charge on any atom is 0.159 e. The Morgan fingerprint density at radius 1 is 0.426 bits per heavy atom. The number of rotatable bonds is 2. The molecule has 4 heterocycles. The quantitative estimate of drug-likeness (QED) is 0.189. The molecule has 0 N–H and O–H groups in total. The van der Waals surface area contributed by atoms with Crippen LogP contribution in [-0.4, -0.2) is 9.13 Å². The number of hydrogen-bond acceptors (Lipinski definition) is 3. The molecular formula is C42H24N2OS2. The van der Waals surface area contributed by atoms with Gasteiger partial charge in [0.2, 0.25) is 0 Å². The van der Waals surface area contributed by atoms with Gasteiger partial charge < -0.3 is 13.6 Å². The number of nitrogens with zero attached hydrogens (tertiary/aromatic N) is 2. The van der Waals surface area contributed by atoms with E-state index in [1.165, 1.54) is 57.8 Å². The molecule has 0 saturated carbocycles. The lowest BCUT2D eigenvalue weighted by atomic mass is 10.1. The SMILES string of the molecule is c1ccc2c(c1)Sc1ccc(-n3c4ccccc4c4ccc5c(c6ccccc6n5-c5cccc6c5oc5ccccc56)c43)cc1S2. The molecule has 220 valence electrons. The van der Waals surface area contributed by atoms with Crippen LogP contribution in [0, 0.1) is 0 Å². The van der Waals surface area contributed by atoms with Crippen molar-refractivity contribution in [1.29, 1.82) is 0 Å². The van der Waals surface area contributed by atoms with E-state index < -0.39 is 0 Å². The second-order valence-electron chi connectivity index (χ2n) is 12.1. The molecular weight excluding hydrogens is 613 g/mol. The maximum atomic E-state index is 6.58. The first kappa shape index (κ1) is 25.8. The van der Waals surface area contributed by atoms with Crippen LogP contribution in [-0.2, 0) is 0 Å². The van der Waals surface area contributed by atoms with Crippen molar-refractivity contribution in [3.05, 3.63) is 146 Å². The Bertz CT molecular complexity index is 2930.